The SMILES string of the molecule is CCC1(C)O[C@](C)(OCC(C)(O[C@](C)(OC)C(=O)NCCCNCCCCNCCCN)C(=O)NCCCNCCCCNCCCN)C(C)(O)[C@@](C)(O)[C@@]1(C)O. The van der Waals surface area contributed by atoms with Crippen LogP contribution in [-0.2, 0) is 28.5 Å². The second-order valence-corrected chi connectivity index (χ2v) is 16.5. The molecule has 338 valence electrons. The molecule has 0 aliphatic carbocycles. The number of ether oxygens (including phenoxy) is 4. The Morgan fingerprint density at radius 1 is 0.614 bits per heavy atom. The first-order valence-electron chi connectivity index (χ1n) is 21.3. The monoisotopic (exact) mass is 821 g/mol. The average molecular weight is 821 g/mol. The molecule has 0 saturated carbocycles. The molecule has 13 N–H and O–H groups in total. The van der Waals surface area contributed by atoms with E-state index in [9.17, 15) is 24.9 Å². The summed E-state index contributed by atoms with van der Waals surface area (Å²) in [7, 11) is 1.31. The quantitative estimate of drug-likeness (QED) is 0.0306. The van der Waals surface area contributed by atoms with Crippen molar-refractivity contribution in [3.8, 4) is 0 Å². The van der Waals surface area contributed by atoms with Crippen molar-refractivity contribution in [2.45, 2.75) is 153 Å². The number of hydrogen-bond donors (Lipinski definition) is 11. The summed E-state index contributed by atoms with van der Waals surface area (Å²) in [6.45, 7) is 20.1. The Labute approximate surface area is 343 Å². The number of unbranched alkanes of at least 4 members (excludes halogenated alkanes) is 2. The summed E-state index contributed by atoms with van der Waals surface area (Å²) >= 11 is 0. The van der Waals surface area contributed by atoms with Gasteiger partial charge in [-0.25, -0.2) is 0 Å². The molecular formula is C40H84N8O9. The van der Waals surface area contributed by atoms with Crippen LogP contribution in [0.4, 0.5) is 0 Å². The Bertz CT molecular complexity index is 1150. The molecule has 2 amide bonds. The van der Waals surface area contributed by atoms with Crippen LogP contribution >= 0.6 is 0 Å². The van der Waals surface area contributed by atoms with E-state index in [1.807, 2.05) is 0 Å². The van der Waals surface area contributed by atoms with Crippen molar-refractivity contribution in [3.63, 3.8) is 0 Å². The van der Waals surface area contributed by atoms with Crippen LogP contribution in [0.3, 0.4) is 0 Å². The van der Waals surface area contributed by atoms with Gasteiger partial charge < -0.3 is 77.6 Å². The van der Waals surface area contributed by atoms with E-state index in [0.29, 0.717) is 52.1 Å². The third kappa shape index (κ3) is 15.1. The Balaban J connectivity index is 3.00. The highest BCUT2D eigenvalue weighted by Gasteiger charge is 2.74. The molecule has 17 nitrogen and oxygen atoms in total. The fourth-order valence-corrected chi connectivity index (χ4v) is 6.81. The van der Waals surface area contributed by atoms with Gasteiger partial charge in [-0.15, -0.1) is 0 Å². The molecule has 0 bridgehead atoms. The number of amides is 2. The largest absolute Gasteiger partial charge is 0.384 e. The lowest BCUT2D eigenvalue weighted by atomic mass is 9.60. The maximum Gasteiger partial charge on any atom is 0.280 e. The molecule has 1 rings (SSSR count). The number of aliphatic hydroxyl groups is 3. The van der Waals surface area contributed by atoms with Gasteiger partial charge in [-0.05, 0) is 172 Å². The van der Waals surface area contributed by atoms with Crippen LogP contribution < -0.4 is 43.4 Å². The van der Waals surface area contributed by atoms with E-state index in [4.69, 9.17) is 30.4 Å². The standard InChI is InChI=1S/C40H84N8O9/c1-10-35(3)37(5,51)38(6,52)39(7,53)40(8,57-35)55-31-34(2,32(49)47-29-17-27-45-23-13-11-21-43-25-15-19-41)56-36(4,54-9)33(50)48-30-18-28-46-24-14-12-22-44-26-16-20-42/h43-46,51-53H,10-31,41-42H2,1-9H3,(H,47,49)(H,48,50)/t34?,35?,36-,37-,38-,39?,40-/m0/s1. The van der Waals surface area contributed by atoms with Crippen LogP contribution in [0.15, 0.2) is 0 Å². The number of carbonyl (C=O) groups excluding carboxylic acids is 2. The zero-order valence-electron chi connectivity index (χ0n) is 37.0. The maximum atomic E-state index is 14.0. The first-order chi connectivity index (χ1) is 26.7. The van der Waals surface area contributed by atoms with Gasteiger partial charge in [0.2, 0.25) is 5.79 Å². The predicted molar refractivity (Wildman–Crippen MR) is 223 cm³/mol. The molecule has 57 heavy (non-hydrogen) atoms. The highest BCUT2D eigenvalue weighted by molar-refractivity contribution is 5.87. The van der Waals surface area contributed by atoms with Gasteiger partial charge in [0.15, 0.2) is 11.4 Å². The van der Waals surface area contributed by atoms with Crippen molar-refractivity contribution in [2.24, 2.45) is 11.5 Å². The van der Waals surface area contributed by atoms with E-state index < -0.39 is 58.0 Å². The van der Waals surface area contributed by atoms with Crippen LogP contribution in [0.5, 0.6) is 0 Å². The Morgan fingerprint density at radius 2 is 1.02 bits per heavy atom. The highest BCUT2D eigenvalue weighted by Crippen LogP contribution is 2.55. The van der Waals surface area contributed by atoms with Crippen molar-refractivity contribution in [1.29, 1.82) is 0 Å². The summed E-state index contributed by atoms with van der Waals surface area (Å²) in [5, 5.41) is 54.3. The molecule has 0 aromatic heterocycles. The molecule has 1 fully saturated rings. The van der Waals surface area contributed by atoms with Crippen molar-refractivity contribution in [2.75, 3.05) is 92.3 Å². The number of hydrogen-bond acceptors (Lipinski definition) is 15. The van der Waals surface area contributed by atoms with E-state index in [-0.39, 0.29) is 6.42 Å². The van der Waals surface area contributed by atoms with Gasteiger partial charge in [0.05, 0.1) is 12.2 Å². The van der Waals surface area contributed by atoms with Crippen LogP contribution in [-0.4, -0.2) is 159 Å². The first-order valence-corrected chi connectivity index (χ1v) is 21.3. The number of rotatable bonds is 33. The third-order valence-corrected chi connectivity index (χ3v) is 11.9. The van der Waals surface area contributed by atoms with E-state index in [2.05, 4.69) is 31.9 Å². The second-order valence-electron chi connectivity index (χ2n) is 16.5. The van der Waals surface area contributed by atoms with E-state index >= 15 is 0 Å². The summed E-state index contributed by atoms with van der Waals surface area (Å²) in [6, 6.07) is 0. The fourth-order valence-electron chi connectivity index (χ4n) is 6.81. The maximum absolute atomic E-state index is 14.0. The molecule has 1 aliphatic rings. The van der Waals surface area contributed by atoms with Gasteiger partial charge in [-0.1, -0.05) is 6.92 Å². The molecule has 3 unspecified atom stereocenters. The van der Waals surface area contributed by atoms with Crippen LogP contribution in [0.2, 0.25) is 0 Å². The summed E-state index contributed by atoms with van der Waals surface area (Å²) in [4.78, 5) is 27.6. The minimum Gasteiger partial charge on any atom is -0.384 e. The third-order valence-electron chi connectivity index (χ3n) is 11.9. The van der Waals surface area contributed by atoms with E-state index in [0.717, 1.165) is 77.8 Å². The Hall–Kier alpha value is -1.58. The molecule has 1 saturated heterocycles. The Kier molecular flexibility index (Phi) is 23.7. The molecule has 7 atom stereocenters. The summed E-state index contributed by atoms with van der Waals surface area (Å²) in [5.41, 5.74) is 1.57. The molecule has 1 aliphatic heterocycles. The lowest BCUT2D eigenvalue weighted by Gasteiger charge is -2.65. The molecule has 0 aromatic rings. The normalized spacial score (nSPS) is 28.5. The van der Waals surface area contributed by atoms with Crippen LogP contribution in [0.25, 0.3) is 0 Å². The topological polar surface area (TPSA) is 256 Å². The lowest BCUT2D eigenvalue weighted by Crippen LogP contribution is -2.84. The van der Waals surface area contributed by atoms with Crippen LogP contribution in [0.1, 0.15) is 113 Å². The van der Waals surface area contributed by atoms with Gasteiger partial charge in [0.25, 0.3) is 11.8 Å². The second kappa shape index (κ2) is 25.3. The Morgan fingerprint density at radius 3 is 1.42 bits per heavy atom. The van der Waals surface area contributed by atoms with Crippen molar-refractivity contribution in [1.82, 2.24) is 31.9 Å². The van der Waals surface area contributed by atoms with Gasteiger partial charge in [-0.3, -0.25) is 9.59 Å². The predicted octanol–water partition coefficient (Wildman–Crippen LogP) is -0.0620. The molecule has 17 heteroatoms. The zero-order chi connectivity index (χ0) is 43.3. The molecule has 1 heterocycles. The average Bonchev–Trinajstić information content (AvgIpc) is 3.16. The van der Waals surface area contributed by atoms with E-state index in [1.54, 1.807) is 13.8 Å². The van der Waals surface area contributed by atoms with Crippen molar-refractivity contribution in [3.05, 3.63) is 0 Å². The number of nitrogens with one attached hydrogen (secondary N) is 6. The highest BCUT2D eigenvalue weighted by atomic mass is 16.8. The van der Waals surface area contributed by atoms with Crippen molar-refractivity contribution >= 4 is 11.8 Å². The van der Waals surface area contributed by atoms with Crippen molar-refractivity contribution < 1.29 is 43.9 Å². The number of carbonyl (C=O) groups is 2. The van der Waals surface area contributed by atoms with Crippen LogP contribution in [0, 0.1) is 0 Å². The fraction of sp³-hybridized carbons (Fsp3) is 0.950. The zero-order valence-corrected chi connectivity index (χ0v) is 37.0. The molecular weight excluding hydrogens is 736 g/mol. The van der Waals surface area contributed by atoms with Gasteiger partial charge in [0.1, 0.15) is 16.8 Å². The van der Waals surface area contributed by atoms with Gasteiger partial charge in [-0.2, -0.15) is 0 Å². The summed E-state index contributed by atoms with van der Waals surface area (Å²) in [6.07, 6.45) is 7.61. The van der Waals surface area contributed by atoms with Gasteiger partial charge >= 0.3 is 0 Å². The minimum absolute atomic E-state index is 0.254. The number of methoxy groups -OCH3 is 1. The minimum atomic E-state index is -2.20. The first kappa shape index (κ1) is 53.4. The smallest absolute Gasteiger partial charge is 0.280 e. The molecule has 0 aromatic carbocycles. The summed E-state index contributed by atoms with van der Waals surface area (Å²) < 4.78 is 24.6. The van der Waals surface area contributed by atoms with Gasteiger partial charge in [0, 0.05) is 20.2 Å². The molecule has 0 spiro atoms. The number of nitrogens with two attached hydrogens (primary N) is 2. The summed E-state index contributed by atoms with van der Waals surface area (Å²) in [5.74, 6) is -5.06. The lowest BCUT2D eigenvalue weighted by molar-refractivity contribution is -0.458. The van der Waals surface area contributed by atoms with E-state index in [1.165, 1.54) is 48.7 Å². The molecule has 0 radical (unpaired) electrons.